The van der Waals surface area contributed by atoms with Crippen LogP contribution < -0.4 is 0 Å². The average molecular weight is 348 g/mol. The SMILES string of the molecule is CC1=[N+](CCS(=O)(=O)O)c2ccc(S(=O)(=O)O)cc2C1(C)C. The molecule has 22 heavy (non-hydrogen) atoms. The van der Waals surface area contributed by atoms with Gasteiger partial charge in [0.15, 0.2) is 12.3 Å². The second-order valence-corrected chi connectivity index (χ2v) is 8.80. The second-order valence-electron chi connectivity index (χ2n) is 5.80. The number of hydrogen-bond acceptors (Lipinski definition) is 4. The highest BCUT2D eigenvalue weighted by Gasteiger charge is 2.43. The van der Waals surface area contributed by atoms with Gasteiger partial charge in [-0.05, 0) is 26.0 Å². The van der Waals surface area contributed by atoms with E-state index in [1.54, 1.807) is 4.58 Å². The van der Waals surface area contributed by atoms with E-state index in [9.17, 15) is 21.4 Å². The Morgan fingerprint density at radius 3 is 2.23 bits per heavy atom. The Bertz CT molecular complexity index is 866. The summed E-state index contributed by atoms with van der Waals surface area (Å²) in [7, 11) is -8.41. The fourth-order valence-electron chi connectivity index (χ4n) is 2.62. The summed E-state index contributed by atoms with van der Waals surface area (Å²) in [5.41, 5.74) is 1.66. The molecular weight excluding hydrogens is 330 g/mol. The van der Waals surface area contributed by atoms with Crippen LogP contribution in [-0.2, 0) is 25.7 Å². The molecule has 0 saturated carbocycles. The van der Waals surface area contributed by atoms with Crippen LogP contribution in [0.1, 0.15) is 26.3 Å². The van der Waals surface area contributed by atoms with E-state index < -0.39 is 31.4 Å². The van der Waals surface area contributed by atoms with E-state index in [-0.39, 0.29) is 11.4 Å². The zero-order chi connectivity index (χ0) is 16.9. The topological polar surface area (TPSA) is 112 Å². The molecule has 0 spiro atoms. The Morgan fingerprint density at radius 2 is 1.73 bits per heavy atom. The summed E-state index contributed by atoms with van der Waals surface area (Å²) < 4.78 is 64.3. The van der Waals surface area contributed by atoms with Gasteiger partial charge in [0.1, 0.15) is 5.75 Å². The number of hydrogen-bond donors (Lipinski definition) is 2. The van der Waals surface area contributed by atoms with Gasteiger partial charge in [0, 0.05) is 18.6 Å². The molecule has 0 amide bonds. The fraction of sp³-hybridized carbons (Fsp3) is 0.462. The quantitative estimate of drug-likeness (QED) is 0.625. The first-order valence-electron chi connectivity index (χ1n) is 6.53. The van der Waals surface area contributed by atoms with Crippen LogP contribution in [0.25, 0.3) is 0 Å². The van der Waals surface area contributed by atoms with Gasteiger partial charge in [-0.25, -0.2) is 0 Å². The van der Waals surface area contributed by atoms with Gasteiger partial charge in [0.25, 0.3) is 20.2 Å². The number of fused-ring (bicyclic) bond motifs is 1. The van der Waals surface area contributed by atoms with Gasteiger partial charge in [-0.1, -0.05) is 0 Å². The van der Waals surface area contributed by atoms with Crippen molar-refractivity contribution in [3.63, 3.8) is 0 Å². The van der Waals surface area contributed by atoms with Crippen molar-refractivity contribution < 1.29 is 30.5 Å². The van der Waals surface area contributed by atoms with Crippen LogP contribution in [0.4, 0.5) is 5.69 Å². The molecule has 7 nitrogen and oxygen atoms in total. The molecule has 0 radical (unpaired) electrons. The van der Waals surface area contributed by atoms with Crippen molar-refractivity contribution >= 4 is 31.6 Å². The molecule has 9 heteroatoms. The lowest BCUT2D eigenvalue weighted by atomic mass is 9.82. The molecule has 0 aromatic heterocycles. The van der Waals surface area contributed by atoms with Gasteiger partial charge in [0.05, 0.1) is 10.3 Å². The maximum Gasteiger partial charge on any atom is 0.294 e. The number of nitrogens with zero attached hydrogens (tertiary/aromatic N) is 1. The van der Waals surface area contributed by atoms with Crippen molar-refractivity contribution in [3.8, 4) is 0 Å². The minimum atomic E-state index is -4.31. The summed E-state index contributed by atoms with van der Waals surface area (Å²) in [6.45, 7) is 5.63. The molecule has 0 aliphatic carbocycles. The Labute approximate surface area is 129 Å². The van der Waals surface area contributed by atoms with E-state index in [2.05, 4.69) is 0 Å². The lowest BCUT2D eigenvalue weighted by Gasteiger charge is -2.15. The van der Waals surface area contributed by atoms with Gasteiger partial charge in [0.2, 0.25) is 5.69 Å². The largest absolute Gasteiger partial charge is 0.294 e. The minimum absolute atomic E-state index is 0.0618. The van der Waals surface area contributed by atoms with Crippen LogP contribution in [0.5, 0.6) is 0 Å². The maximum atomic E-state index is 11.3. The van der Waals surface area contributed by atoms with Crippen LogP contribution in [-0.4, -0.2) is 48.5 Å². The van der Waals surface area contributed by atoms with Gasteiger partial charge in [-0.3, -0.25) is 9.11 Å². The van der Waals surface area contributed by atoms with Crippen LogP contribution in [0.3, 0.4) is 0 Å². The van der Waals surface area contributed by atoms with Crippen molar-refractivity contribution in [2.75, 3.05) is 12.3 Å². The molecule has 1 aromatic rings. The predicted molar refractivity (Wildman–Crippen MR) is 81.2 cm³/mol. The van der Waals surface area contributed by atoms with Crippen LogP contribution in [0.2, 0.25) is 0 Å². The van der Waals surface area contributed by atoms with Crippen molar-refractivity contribution in [2.24, 2.45) is 0 Å². The summed E-state index contributed by atoms with van der Waals surface area (Å²) in [5.74, 6) is -0.431. The van der Waals surface area contributed by atoms with Gasteiger partial charge >= 0.3 is 0 Å². The predicted octanol–water partition coefficient (Wildman–Crippen LogP) is 1.22. The van der Waals surface area contributed by atoms with E-state index in [0.29, 0.717) is 11.3 Å². The zero-order valence-electron chi connectivity index (χ0n) is 12.4. The van der Waals surface area contributed by atoms with Gasteiger partial charge in [-0.15, -0.1) is 0 Å². The van der Waals surface area contributed by atoms with E-state index in [0.717, 1.165) is 5.71 Å². The summed E-state index contributed by atoms with van der Waals surface area (Å²) >= 11 is 0. The van der Waals surface area contributed by atoms with E-state index in [1.165, 1.54) is 18.2 Å². The van der Waals surface area contributed by atoms with Crippen LogP contribution in [0, 0.1) is 0 Å². The first-order chi connectivity index (χ1) is 9.84. The van der Waals surface area contributed by atoms with Crippen molar-refractivity contribution in [1.29, 1.82) is 0 Å². The molecular formula is C13H18NO6S2+. The highest BCUT2D eigenvalue weighted by atomic mass is 32.2. The molecule has 1 aromatic carbocycles. The summed E-state index contributed by atoms with van der Waals surface area (Å²) in [6, 6.07) is 4.19. The Kier molecular flexibility index (Phi) is 3.97. The van der Waals surface area contributed by atoms with Crippen LogP contribution in [0.15, 0.2) is 23.1 Å². The summed E-state index contributed by atoms with van der Waals surface area (Å²) in [5, 5.41) is 0. The lowest BCUT2D eigenvalue weighted by Crippen LogP contribution is -2.28. The third-order valence-corrected chi connectivity index (χ3v) is 5.66. The van der Waals surface area contributed by atoms with E-state index in [4.69, 9.17) is 4.55 Å². The average Bonchev–Trinajstić information content (AvgIpc) is 2.54. The fourth-order valence-corrected chi connectivity index (χ4v) is 3.54. The Hall–Kier alpha value is -1.29. The molecule has 0 bridgehead atoms. The lowest BCUT2D eigenvalue weighted by molar-refractivity contribution is -0.433. The third kappa shape index (κ3) is 3.07. The molecule has 1 heterocycles. The second kappa shape index (κ2) is 5.12. The van der Waals surface area contributed by atoms with Crippen molar-refractivity contribution in [2.45, 2.75) is 31.1 Å². The minimum Gasteiger partial charge on any atom is -0.285 e. The molecule has 2 rings (SSSR count). The standard InChI is InChI=1S/C13H17NO6S2/c1-9-13(2,3)11-8-10(22(18,19)20)4-5-12(11)14(9)6-7-21(15,16)17/h4-5,8H,6-7H2,1-3H3,(H-,15,16,17,18,19,20)/p+1. The Morgan fingerprint density at radius 1 is 1.14 bits per heavy atom. The molecule has 0 fully saturated rings. The van der Waals surface area contributed by atoms with Gasteiger partial charge in [-0.2, -0.15) is 21.4 Å². The normalized spacial score (nSPS) is 17.7. The third-order valence-electron chi connectivity index (χ3n) is 4.11. The smallest absolute Gasteiger partial charge is 0.285 e. The zero-order valence-corrected chi connectivity index (χ0v) is 14.1. The van der Waals surface area contributed by atoms with E-state index >= 15 is 0 Å². The molecule has 0 saturated heterocycles. The first kappa shape index (κ1) is 17.1. The Balaban J connectivity index is 2.55. The molecule has 1 aliphatic rings. The van der Waals surface area contributed by atoms with E-state index in [1.807, 2.05) is 20.8 Å². The highest BCUT2D eigenvalue weighted by Crippen LogP contribution is 2.40. The molecule has 1 aliphatic heterocycles. The molecule has 2 N–H and O–H groups in total. The van der Waals surface area contributed by atoms with Crippen LogP contribution >= 0.6 is 0 Å². The summed E-state index contributed by atoms with van der Waals surface area (Å²) in [6.07, 6.45) is 0. The maximum absolute atomic E-state index is 11.3. The number of rotatable bonds is 4. The van der Waals surface area contributed by atoms with Gasteiger partial charge < -0.3 is 0 Å². The van der Waals surface area contributed by atoms with Crippen molar-refractivity contribution in [1.82, 2.24) is 0 Å². The molecule has 122 valence electrons. The summed E-state index contributed by atoms with van der Waals surface area (Å²) in [4.78, 5) is -0.205. The molecule has 0 atom stereocenters. The molecule has 0 unspecified atom stereocenters. The monoisotopic (exact) mass is 348 g/mol. The van der Waals surface area contributed by atoms with Crippen molar-refractivity contribution in [3.05, 3.63) is 23.8 Å². The first-order valence-corrected chi connectivity index (χ1v) is 9.58. The number of benzene rings is 1. The highest BCUT2D eigenvalue weighted by molar-refractivity contribution is 7.86.